The Kier molecular flexibility index (Phi) is 5.26. The number of anilines is 2. The fourth-order valence-corrected chi connectivity index (χ4v) is 5.02. The van der Waals surface area contributed by atoms with Crippen molar-refractivity contribution in [3.05, 3.63) is 57.0 Å². The van der Waals surface area contributed by atoms with E-state index >= 15 is 0 Å². The summed E-state index contributed by atoms with van der Waals surface area (Å²) in [6, 6.07) is 7.69. The predicted octanol–water partition coefficient (Wildman–Crippen LogP) is 3.72. The molecule has 1 atom stereocenters. The van der Waals surface area contributed by atoms with Crippen molar-refractivity contribution in [1.29, 1.82) is 0 Å². The maximum atomic E-state index is 13.4. The number of rotatable bonds is 4. The summed E-state index contributed by atoms with van der Waals surface area (Å²) in [5, 5.41) is 3.36. The standard InChI is InChI=1S/C24H28N4O3/c1-2-31-18-12-5-4-9-15(18)19-20-16(10-8-11-17(20)29)25-22-21(19)23(30)27-24(26-22)28-13-6-3-7-14-28/h4-5,9,12,19H,2-3,6-8,10-11,13-14H2,1H3,(H2,25,26,27,30)/t19-/m0/s1. The molecule has 31 heavy (non-hydrogen) atoms. The fraction of sp³-hybridized carbons (Fsp3) is 0.458. The van der Waals surface area contributed by atoms with Crippen LogP contribution in [0.2, 0.25) is 0 Å². The van der Waals surface area contributed by atoms with Gasteiger partial charge in [0, 0.05) is 36.3 Å². The van der Waals surface area contributed by atoms with E-state index in [1.807, 2.05) is 31.2 Å². The predicted molar refractivity (Wildman–Crippen MR) is 120 cm³/mol. The monoisotopic (exact) mass is 420 g/mol. The number of aromatic amines is 1. The number of nitrogens with zero attached hydrogens (tertiary/aromatic N) is 2. The molecule has 1 aromatic heterocycles. The van der Waals surface area contributed by atoms with Crippen LogP contribution in [0.4, 0.5) is 11.8 Å². The molecule has 0 radical (unpaired) electrons. The first kappa shape index (κ1) is 19.8. The zero-order valence-electron chi connectivity index (χ0n) is 17.9. The van der Waals surface area contributed by atoms with E-state index in [0.717, 1.165) is 50.0 Å². The first-order valence-electron chi connectivity index (χ1n) is 11.3. The molecule has 7 heteroatoms. The average molecular weight is 421 g/mol. The first-order valence-corrected chi connectivity index (χ1v) is 11.3. The Morgan fingerprint density at radius 2 is 1.90 bits per heavy atom. The molecule has 1 saturated heterocycles. The van der Waals surface area contributed by atoms with E-state index in [1.165, 1.54) is 6.42 Å². The number of aromatic nitrogens is 2. The minimum atomic E-state index is -0.478. The number of Topliss-reactive ketones (excluding diaryl/α,β-unsaturated/α-hetero) is 1. The molecule has 0 saturated carbocycles. The zero-order chi connectivity index (χ0) is 21.4. The van der Waals surface area contributed by atoms with Gasteiger partial charge in [0.1, 0.15) is 11.6 Å². The van der Waals surface area contributed by atoms with E-state index in [2.05, 4.69) is 15.2 Å². The van der Waals surface area contributed by atoms with E-state index < -0.39 is 5.92 Å². The van der Waals surface area contributed by atoms with Gasteiger partial charge in [-0.25, -0.2) is 0 Å². The molecule has 1 aliphatic carbocycles. The number of hydrogen-bond donors (Lipinski definition) is 2. The molecule has 2 aliphatic heterocycles. The van der Waals surface area contributed by atoms with Gasteiger partial charge in [-0.2, -0.15) is 4.98 Å². The lowest BCUT2D eigenvalue weighted by atomic mass is 9.76. The normalized spacial score (nSPS) is 20.7. The summed E-state index contributed by atoms with van der Waals surface area (Å²) in [7, 11) is 0. The molecule has 7 nitrogen and oxygen atoms in total. The number of ether oxygens (including phenoxy) is 1. The molecule has 3 aliphatic rings. The second-order valence-electron chi connectivity index (χ2n) is 8.40. The Labute approximate surface area is 181 Å². The van der Waals surface area contributed by atoms with E-state index in [-0.39, 0.29) is 11.3 Å². The van der Waals surface area contributed by atoms with E-state index in [4.69, 9.17) is 9.72 Å². The van der Waals surface area contributed by atoms with Crippen LogP contribution in [0.25, 0.3) is 0 Å². The van der Waals surface area contributed by atoms with Crippen molar-refractivity contribution in [1.82, 2.24) is 9.97 Å². The van der Waals surface area contributed by atoms with Crippen molar-refractivity contribution in [2.24, 2.45) is 0 Å². The molecule has 162 valence electrons. The number of ketones is 1. The number of allylic oxidation sites excluding steroid dienone is 2. The molecule has 1 fully saturated rings. The maximum absolute atomic E-state index is 13.4. The van der Waals surface area contributed by atoms with Crippen LogP contribution in [0, 0.1) is 0 Å². The molecule has 0 bridgehead atoms. The molecule has 0 spiro atoms. The lowest BCUT2D eigenvalue weighted by Gasteiger charge is -2.34. The van der Waals surface area contributed by atoms with Gasteiger partial charge >= 0.3 is 0 Å². The van der Waals surface area contributed by atoms with Crippen molar-refractivity contribution < 1.29 is 9.53 Å². The summed E-state index contributed by atoms with van der Waals surface area (Å²) in [5.74, 6) is 1.49. The van der Waals surface area contributed by atoms with Gasteiger partial charge < -0.3 is 15.0 Å². The Morgan fingerprint density at radius 3 is 2.71 bits per heavy atom. The SMILES string of the molecule is CCOc1ccccc1[C@H]1C2=C(CCCC2=O)Nc2nc(N3CCCCC3)[nH]c(=O)c21. The van der Waals surface area contributed by atoms with Crippen molar-refractivity contribution in [3.8, 4) is 5.75 Å². The van der Waals surface area contributed by atoms with Gasteiger partial charge in [0.05, 0.1) is 18.1 Å². The number of para-hydroxylation sites is 1. The minimum Gasteiger partial charge on any atom is -0.494 e. The van der Waals surface area contributed by atoms with Crippen molar-refractivity contribution in [3.63, 3.8) is 0 Å². The second-order valence-corrected chi connectivity index (χ2v) is 8.40. The third-order valence-electron chi connectivity index (χ3n) is 6.43. The highest BCUT2D eigenvalue weighted by molar-refractivity contribution is 6.01. The minimum absolute atomic E-state index is 0.0928. The van der Waals surface area contributed by atoms with Crippen LogP contribution in [0.3, 0.4) is 0 Å². The van der Waals surface area contributed by atoms with Gasteiger partial charge in [-0.05, 0) is 45.1 Å². The third-order valence-corrected chi connectivity index (χ3v) is 6.43. The number of carbonyl (C=O) groups excluding carboxylic acids is 1. The van der Waals surface area contributed by atoms with Gasteiger partial charge in [-0.1, -0.05) is 18.2 Å². The number of piperidine rings is 1. The Balaban J connectivity index is 1.69. The highest BCUT2D eigenvalue weighted by atomic mass is 16.5. The van der Waals surface area contributed by atoms with Crippen LogP contribution in [0.5, 0.6) is 5.75 Å². The Bertz CT molecular complexity index is 1100. The van der Waals surface area contributed by atoms with Crippen LogP contribution in [0.15, 0.2) is 40.3 Å². The third kappa shape index (κ3) is 3.52. The molecule has 1 aromatic carbocycles. The number of nitrogens with one attached hydrogen (secondary N) is 2. The largest absolute Gasteiger partial charge is 0.494 e. The number of benzene rings is 1. The average Bonchev–Trinajstić information content (AvgIpc) is 2.79. The Morgan fingerprint density at radius 1 is 1.10 bits per heavy atom. The molecule has 0 amide bonds. The lowest BCUT2D eigenvalue weighted by Crippen LogP contribution is -2.36. The van der Waals surface area contributed by atoms with E-state index in [1.54, 1.807) is 0 Å². The molecule has 2 aromatic rings. The number of hydrogen-bond acceptors (Lipinski definition) is 6. The molecule has 0 unspecified atom stereocenters. The quantitative estimate of drug-likeness (QED) is 0.784. The smallest absolute Gasteiger partial charge is 0.258 e. The summed E-state index contributed by atoms with van der Waals surface area (Å²) in [6.07, 6.45) is 5.49. The summed E-state index contributed by atoms with van der Waals surface area (Å²) < 4.78 is 5.88. The van der Waals surface area contributed by atoms with E-state index in [9.17, 15) is 9.59 Å². The van der Waals surface area contributed by atoms with Gasteiger partial charge in [0.15, 0.2) is 5.78 Å². The van der Waals surface area contributed by atoms with Crippen molar-refractivity contribution >= 4 is 17.5 Å². The number of fused-ring (bicyclic) bond motifs is 1. The van der Waals surface area contributed by atoms with Crippen LogP contribution >= 0.6 is 0 Å². The number of H-pyrrole nitrogens is 1. The zero-order valence-corrected chi connectivity index (χ0v) is 17.9. The van der Waals surface area contributed by atoms with Crippen LogP contribution in [0.1, 0.15) is 62.5 Å². The molecule has 3 heterocycles. The second kappa shape index (κ2) is 8.21. The van der Waals surface area contributed by atoms with Crippen molar-refractivity contribution in [2.75, 3.05) is 29.9 Å². The molecular weight excluding hydrogens is 392 g/mol. The van der Waals surface area contributed by atoms with Gasteiger partial charge in [0.2, 0.25) is 5.95 Å². The number of carbonyl (C=O) groups is 1. The van der Waals surface area contributed by atoms with Crippen LogP contribution in [-0.2, 0) is 4.79 Å². The fourth-order valence-electron chi connectivity index (χ4n) is 5.02. The van der Waals surface area contributed by atoms with Gasteiger partial charge in [-0.3, -0.25) is 14.6 Å². The molecular formula is C24H28N4O3. The molecule has 5 rings (SSSR count). The summed E-state index contributed by atoms with van der Waals surface area (Å²) in [4.78, 5) is 36.5. The summed E-state index contributed by atoms with van der Waals surface area (Å²) >= 11 is 0. The Hall–Kier alpha value is -3.09. The lowest BCUT2D eigenvalue weighted by molar-refractivity contribution is -0.116. The summed E-state index contributed by atoms with van der Waals surface area (Å²) in [5.41, 5.74) is 2.72. The van der Waals surface area contributed by atoms with Crippen molar-refractivity contribution in [2.45, 2.75) is 51.4 Å². The topological polar surface area (TPSA) is 87.3 Å². The highest BCUT2D eigenvalue weighted by Crippen LogP contribution is 2.45. The first-order chi connectivity index (χ1) is 15.2. The summed E-state index contributed by atoms with van der Waals surface area (Å²) in [6.45, 7) is 4.23. The highest BCUT2D eigenvalue weighted by Gasteiger charge is 2.39. The van der Waals surface area contributed by atoms with E-state index in [0.29, 0.717) is 41.7 Å². The maximum Gasteiger partial charge on any atom is 0.258 e. The van der Waals surface area contributed by atoms with Gasteiger partial charge in [0.25, 0.3) is 5.56 Å². The van der Waals surface area contributed by atoms with Crippen LogP contribution < -0.4 is 20.5 Å². The van der Waals surface area contributed by atoms with Gasteiger partial charge in [-0.15, -0.1) is 0 Å². The van der Waals surface area contributed by atoms with Crippen LogP contribution in [-0.4, -0.2) is 35.4 Å². The molecule has 2 N–H and O–H groups in total.